The molecule has 0 saturated carbocycles. The number of aliphatic imine (C=N–C) groups is 2. The highest BCUT2D eigenvalue weighted by molar-refractivity contribution is 7.98. The van der Waals surface area contributed by atoms with Gasteiger partial charge < -0.3 is 0 Å². The average molecular weight is 274 g/mol. The second-order valence-corrected chi connectivity index (χ2v) is 6.11. The highest BCUT2D eigenvalue weighted by atomic mass is 32.2. The molecule has 1 atom stereocenters. The monoisotopic (exact) mass is 274 g/mol. The van der Waals surface area contributed by atoms with Gasteiger partial charge in [0.2, 0.25) is 0 Å². The molecule has 3 aliphatic rings. The molecule has 0 aromatic carbocycles. The van der Waals surface area contributed by atoms with Gasteiger partial charge in [-0.1, -0.05) is 0 Å². The normalized spacial score (nSPS) is 28.5. The van der Waals surface area contributed by atoms with Crippen LogP contribution in [0.3, 0.4) is 0 Å². The van der Waals surface area contributed by atoms with Crippen LogP contribution < -0.4 is 0 Å². The molecule has 0 spiro atoms. The van der Waals surface area contributed by atoms with E-state index in [1.165, 1.54) is 5.57 Å². The van der Waals surface area contributed by atoms with Crippen LogP contribution in [0, 0.1) is 0 Å². The lowest BCUT2D eigenvalue weighted by molar-refractivity contribution is -0.116. The van der Waals surface area contributed by atoms with Crippen LogP contribution in [-0.2, 0) is 4.79 Å². The SMILES string of the molecule is CSCCC1N=C/C=C2/CN=C3CCCC(=C32)C1=O. The fraction of sp³-hybridized carbons (Fsp3) is 0.533. The van der Waals surface area contributed by atoms with Gasteiger partial charge in [-0.15, -0.1) is 0 Å². The summed E-state index contributed by atoms with van der Waals surface area (Å²) >= 11 is 1.77. The van der Waals surface area contributed by atoms with E-state index in [4.69, 9.17) is 0 Å². The van der Waals surface area contributed by atoms with Crippen LogP contribution in [0.1, 0.15) is 25.7 Å². The van der Waals surface area contributed by atoms with Crippen LogP contribution in [-0.4, -0.2) is 42.3 Å². The fourth-order valence-corrected chi connectivity index (χ4v) is 3.44. The fourth-order valence-electron chi connectivity index (χ4n) is 2.98. The second-order valence-electron chi connectivity index (χ2n) is 5.12. The van der Waals surface area contributed by atoms with Crippen molar-refractivity contribution in [2.45, 2.75) is 31.7 Å². The molecule has 0 aromatic rings. The van der Waals surface area contributed by atoms with Crippen molar-refractivity contribution in [3.05, 3.63) is 22.8 Å². The van der Waals surface area contributed by atoms with E-state index in [1.54, 1.807) is 11.8 Å². The standard InChI is InChI=1S/C15H18N2OS/c1-19-8-6-13-15(18)11-3-2-4-12-14(11)10(9-17-12)5-7-16-13/h5,7,13H,2-4,6,8-9H2,1H3/b10-5-,16-7?. The Balaban J connectivity index is 1.99. The van der Waals surface area contributed by atoms with E-state index in [0.29, 0.717) is 0 Å². The molecule has 0 radical (unpaired) electrons. The quantitative estimate of drug-likeness (QED) is 0.794. The zero-order chi connectivity index (χ0) is 13.2. The summed E-state index contributed by atoms with van der Waals surface area (Å²) in [5.41, 5.74) is 4.50. The maximum atomic E-state index is 12.7. The third-order valence-corrected chi connectivity index (χ3v) is 4.57. The number of ketones is 1. The summed E-state index contributed by atoms with van der Waals surface area (Å²) in [6.45, 7) is 0.725. The molecular weight excluding hydrogens is 256 g/mol. The van der Waals surface area contributed by atoms with Crippen molar-refractivity contribution in [2.75, 3.05) is 18.6 Å². The third kappa shape index (κ3) is 2.34. The van der Waals surface area contributed by atoms with E-state index in [0.717, 1.165) is 54.8 Å². The summed E-state index contributed by atoms with van der Waals surface area (Å²) in [7, 11) is 0. The van der Waals surface area contributed by atoms with Gasteiger partial charge in [0.25, 0.3) is 0 Å². The first-order chi connectivity index (χ1) is 9.31. The highest BCUT2D eigenvalue weighted by Gasteiger charge is 2.32. The molecule has 0 amide bonds. The minimum atomic E-state index is -0.187. The summed E-state index contributed by atoms with van der Waals surface area (Å²) in [5.74, 6) is 1.22. The van der Waals surface area contributed by atoms with E-state index >= 15 is 0 Å². The van der Waals surface area contributed by atoms with Gasteiger partial charge in [-0.3, -0.25) is 14.8 Å². The predicted molar refractivity (Wildman–Crippen MR) is 81.5 cm³/mol. The van der Waals surface area contributed by atoms with Gasteiger partial charge in [-0.25, -0.2) is 0 Å². The number of hydrogen-bond acceptors (Lipinski definition) is 4. The second kappa shape index (κ2) is 5.45. The summed E-state index contributed by atoms with van der Waals surface area (Å²) in [6, 6.07) is -0.187. The summed E-state index contributed by atoms with van der Waals surface area (Å²) in [5, 5.41) is 0. The van der Waals surface area contributed by atoms with Gasteiger partial charge >= 0.3 is 0 Å². The molecule has 19 heavy (non-hydrogen) atoms. The van der Waals surface area contributed by atoms with Gasteiger partial charge in [0, 0.05) is 23.1 Å². The molecule has 0 fully saturated rings. The van der Waals surface area contributed by atoms with E-state index in [2.05, 4.69) is 22.3 Å². The van der Waals surface area contributed by atoms with Gasteiger partial charge in [-0.05, 0) is 49.3 Å². The number of rotatable bonds is 3. The topological polar surface area (TPSA) is 41.8 Å². The van der Waals surface area contributed by atoms with Crippen molar-refractivity contribution in [3.63, 3.8) is 0 Å². The Morgan fingerprint density at radius 2 is 2.32 bits per heavy atom. The lowest BCUT2D eigenvalue weighted by Crippen LogP contribution is -2.27. The lowest BCUT2D eigenvalue weighted by atomic mass is 9.83. The average Bonchev–Trinajstić information content (AvgIpc) is 2.83. The van der Waals surface area contributed by atoms with Crippen molar-refractivity contribution in [1.82, 2.24) is 0 Å². The van der Waals surface area contributed by atoms with Gasteiger partial charge in [0.1, 0.15) is 6.04 Å². The number of allylic oxidation sites excluding steroid dienone is 1. The predicted octanol–water partition coefficient (Wildman–Crippen LogP) is 2.62. The molecule has 3 rings (SSSR count). The van der Waals surface area contributed by atoms with Gasteiger partial charge in [0.05, 0.1) is 6.54 Å². The maximum Gasteiger partial charge on any atom is 0.183 e. The molecule has 0 N–H and O–H groups in total. The Bertz CT molecular complexity index is 528. The number of thioether (sulfide) groups is 1. The van der Waals surface area contributed by atoms with E-state index in [-0.39, 0.29) is 11.8 Å². The van der Waals surface area contributed by atoms with Gasteiger partial charge in [-0.2, -0.15) is 11.8 Å². The van der Waals surface area contributed by atoms with Crippen LogP contribution in [0.4, 0.5) is 0 Å². The molecule has 2 aliphatic heterocycles. The Morgan fingerprint density at radius 3 is 3.16 bits per heavy atom. The molecule has 1 aliphatic carbocycles. The summed E-state index contributed by atoms with van der Waals surface area (Å²) in [4.78, 5) is 21.7. The number of Topliss-reactive ketones (excluding diaryl/α,β-unsaturated/α-hetero) is 1. The third-order valence-electron chi connectivity index (χ3n) is 3.93. The molecule has 2 heterocycles. The molecule has 0 saturated heterocycles. The maximum absolute atomic E-state index is 12.7. The molecule has 3 nitrogen and oxygen atoms in total. The molecular formula is C15H18N2OS. The van der Waals surface area contributed by atoms with Crippen LogP contribution in [0.15, 0.2) is 32.8 Å². The number of hydrogen-bond donors (Lipinski definition) is 0. The van der Waals surface area contributed by atoms with E-state index in [1.807, 2.05) is 6.21 Å². The van der Waals surface area contributed by atoms with Crippen molar-refractivity contribution < 1.29 is 4.79 Å². The highest BCUT2D eigenvalue weighted by Crippen LogP contribution is 2.34. The largest absolute Gasteiger partial charge is 0.292 e. The zero-order valence-corrected chi connectivity index (χ0v) is 12.0. The van der Waals surface area contributed by atoms with Crippen molar-refractivity contribution in [2.24, 2.45) is 9.98 Å². The smallest absolute Gasteiger partial charge is 0.183 e. The summed E-state index contributed by atoms with van der Waals surface area (Å²) in [6.07, 6.45) is 9.74. The minimum Gasteiger partial charge on any atom is -0.292 e. The van der Waals surface area contributed by atoms with Crippen molar-refractivity contribution >= 4 is 29.5 Å². The lowest BCUT2D eigenvalue weighted by Gasteiger charge is -2.22. The molecule has 1 unspecified atom stereocenters. The van der Waals surface area contributed by atoms with Crippen LogP contribution in [0.2, 0.25) is 0 Å². The molecule has 100 valence electrons. The first-order valence-corrected chi connectivity index (χ1v) is 8.23. The Kier molecular flexibility index (Phi) is 3.69. The number of nitrogens with zero attached hydrogens (tertiary/aromatic N) is 2. The first-order valence-electron chi connectivity index (χ1n) is 6.84. The Morgan fingerprint density at radius 1 is 1.42 bits per heavy atom. The Hall–Kier alpha value is -1.16. The van der Waals surface area contributed by atoms with Crippen LogP contribution in [0.25, 0.3) is 0 Å². The molecule has 0 bridgehead atoms. The first kappa shape index (κ1) is 12.9. The van der Waals surface area contributed by atoms with E-state index < -0.39 is 0 Å². The number of carbonyl (C=O) groups excluding carboxylic acids is 1. The van der Waals surface area contributed by atoms with Gasteiger partial charge in [0.15, 0.2) is 5.78 Å². The van der Waals surface area contributed by atoms with Crippen LogP contribution in [0.5, 0.6) is 0 Å². The van der Waals surface area contributed by atoms with E-state index in [9.17, 15) is 4.79 Å². The zero-order valence-electron chi connectivity index (χ0n) is 11.2. The molecule has 0 aromatic heterocycles. The van der Waals surface area contributed by atoms with Crippen molar-refractivity contribution in [3.8, 4) is 0 Å². The van der Waals surface area contributed by atoms with Crippen LogP contribution >= 0.6 is 11.8 Å². The number of carbonyl (C=O) groups is 1. The molecule has 4 heteroatoms. The van der Waals surface area contributed by atoms with Crippen molar-refractivity contribution in [1.29, 1.82) is 0 Å². The Labute approximate surface area is 118 Å². The summed E-state index contributed by atoms with van der Waals surface area (Å²) < 4.78 is 0. The minimum absolute atomic E-state index is 0.187.